The molecule has 0 unspecified atom stereocenters. The van der Waals surface area contributed by atoms with Gasteiger partial charge in [-0.3, -0.25) is 0 Å². The Morgan fingerprint density at radius 1 is 1.46 bits per heavy atom. The van der Waals surface area contributed by atoms with Crippen LogP contribution in [0.15, 0.2) is 24.3 Å². The van der Waals surface area contributed by atoms with Crippen molar-refractivity contribution in [3.8, 4) is 0 Å². The highest BCUT2D eigenvalue weighted by Crippen LogP contribution is 2.26. The van der Waals surface area contributed by atoms with Crippen molar-refractivity contribution in [3.05, 3.63) is 35.4 Å². The molecule has 1 atom stereocenters. The van der Waals surface area contributed by atoms with Crippen molar-refractivity contribution >= 4 is 0 Å². The molecule has 1 N–H and O–H groups in total. The largest absolute Gasteiger partial charge is 0.385 e. The fourth-order valence-corrected chi connectivity index (χ4v) is 1.87. The zero-order valence-electron chi connectivity index (χ0n) is 7.92. The number of rotatable bonds is 3. The van der Waals surface area contributed by atoms with Crippen LogP contribution in [0.1, 0.15) is 23.6 Å². The first-order valence-electron chi connectivity index (χ1n) is 4.72. The first-order valence-corrected chi connectivity index (χ1v) is 4.72. The normalized spacial score (nSPS) is 20.2. The molecule has 1 aromatic carbocycles. The fraction of sp³-hybridized carbons (Fsp3) is 0.455. The number of methoxy groups -OCH3 is 1. The van der Waals surface area contributed by atoms with Crippen LogP contribution in [0.2, 0.25) is 0 Å². The van der Waals surface area contributed by atoms with E-state index < -0.39 is 0 Å². The van der Waals surface area contributed by atoms with Gasteiger partial charge < -0.3 is 10.1 Å². The van der Waals surface area contributed by atoms with E-state index in [0.29, 0.717) is 6.04 Å². The van der Waals surface area contributed by atoms with Gasteiger partial charge in [-0.15, -0.1) is 0 Å². The molecule has 0 amide bonds. The second kappa shape index (κ2) is 3.90. The standard InChI is InChI=1S/C11H15NO/c1-13-7-6-11-10-5-3-2-4-9(10)8-12-11/h2-5,11-12H,6-8H2,1H3/t11-/m0/s1. The summed E-state index contributed by atoms with van der Waals surface area (Å²) in [5.41, 5.74) is 2.88. The van der Waals surface area contributed by atoms with Crippen molar-refractivity contribution in [2.45, 2.75) is 19.0 Å². The third-order valence-corrected chi connectivity index (χ3v) is 2.58. The van der Waals surface area contributed by atoms with Crippen LogP contribution in [-0.4, -0.2) is 13.7 Å². The summed E-state index contributed by atoms with van der Waals surface area (Å²) in [6.45, 7) is 1.83. The van der Waals surface area contributed by atoms with E-state index in [2.05, 4.69) is 29.6 Å². The monoisotopic (exact) mass is 177 g/mol. The number of benzene rings is 1. The van der Waals surface area contributed by atoms with Gasteiger partial charge >= 0.3 is 0 Å². The van der Waals surface area contributed by atoms with Crippen LogP contribution in [0.25, 0.3) is 0 Å². The van der Waals surface area contributed by atoms with Crippen molar-refractivity contribution in [2.75, 3.05) is 13.7 Å². The molecule has 2 heteroatoms. The Kier molecular flexibility index (Phi) is 2.62. The first kappa shape index (κ1) is 8.73. The summed E-state index contributed by atoms with van der Waals surface area (Å²) >= 11 is 0. The van der Waals surface area contributed by atoms with Crippen molar-refractivity contribution in [1.29, 1.82) is 0 Å². The highest BCUT2D eigenvalue weighted by atomic mass is 16.5. The third-order valence-electron chi connectivity index (χ3n) is 2.58. The molecule has 0 spiro atoms. The summed E-state index contributed by atoms with van der Waals surface area (Å²) in [5.74, 6) is 0. The van der Waals surface area contributed by atoms with Crippen LogP contribution in [-0.2, 0) is 11.3 Å². The zero-order chi connectivity index (χ0) is 9.10. The van der Waals surface area contributed by atoms with E-state index in [1.807, 2.05) is 0 Å². The predicted octanol–water partition coefficient (Wildman–Crippen LogP) is 1.87. The summed E-state index contributed by atoms with van der Waals surface area (Å²) in [6, 6.07) is 9.09. The van der Waals surface area contributed by atoms with E-state index >= 15 is 0 Å². The summed E-state index contributed by atoms with van der Waals surface area (Å²) in [6.07, 6.45) is 1.06. The van der Waals surface area contributed by atoms with E-state index in [1.54, 1.807) is 7.11 Å². The van der Waals surface area contributed by atoms with Crippen LogP contribution >= 0.6 is 0 Å². The predicted molar refractivity (Wildman–Crippen MR) is 52.5 cm³/mol. The smallest absolute Gasteiger partial charge is 0.0480 e. The van der Waals surface area contributed by atoms with Gasteiger partial charge in [0.05, 0.1) is 0 Å². The molecule has 1 aromatic rings. The lowest BCUT2D eigenvalue weighted by atomic mass is 10.0. The number of fused-ring (bicyclic) bond motifs is 1. The molecule has 70 valence electrons. The van der Waals surface area contributed by atoms with Gasteiger partial charge in [-0.2, -0.15) is 0 Å². The first-order chi connectivity index (χ1) is 6.42. The second-order valence-electron chi connectivity index (χ2n) is 3.41. The average molecular weight is 177 g/mol. The zero-order valence-corrected chi connectivity index (χ0v) is 7.92. The van der Waals surface area contributed by atoms with Gasteiger partial charge in [-0.05, 0) is 17.5 Å². The van der Waals surface area contributed by atoms with Gasteiger partial charge in [0.2, 0.25) is 0 Å². The molecule has 1 aliphatic heterocycles. The Labute approximate surface area is 78.9 Å². The number of nitrogens with one attached hydrogen (secondary N) is 1. The molecule has 0 saturated heterocycles. The maximum absolute atomic E-state index is 5.08. The molecule has 0 aliphatic carbocycles. The lowest BCUT2D eigenvalue weighted by Gasteiger charge is -2.10. The van der Waals surface area contributed by atoms with E-state index in [4.69, 9.17) is 4.74 Å². The third kappa shape index (κ3) is 1.74. The maximum Gasteiger partial charge on any atom is 0.0480 e. The van der Waals surface area contributed by atoms with Gasteiger partial charge in [0.25, 0.3) is 0 Å². The summed E-state index contributed by atoms with van der Waals surface area (Å²) < 4.78 is 5.08. The number of hydrogen-bond acceptors (Lipinski definition) is 2. The van der Waals surface area contributed by atoms with Gasteiger partial charge in [-0.25, -0.2) is 0 Å². The van der Waals surface area contributed by atoms with Crippen molar-refractivity contribution in [1.82, 2.24) is 5.32 Å². The highest BCUT2D eigenvalue weighted by molar-refractivity contribution is 5.33. The minimum Gasteiger partial charge on any atom is -0.385 e. The molecule has 1 heterocycles. The van der Waals surface area contributed by atoms with E-state index in [-0.39, 0.29) is 0 Å². The summed E-state index contributed by atoms with van der Waals surface area (Å²) in [7, 11) is 1.75. The molecule has 1 aliphatic rings. The average Bonchev–Trinajstić information content (AvgIpc) is 2.58. The molecule has 0 saturated carbocycles. The van der Waals surface area contributed by atoms with Crippen molar-refractivity contribution in [2.24, 2.45) is 0 Å². The minimum atomic E-state index is 0.496. The number of hydrogen-bond donors (Lipinski definition) is 1. The Bertz CT molecular complexity index is 285. The van der Waals surface area contributed by atoms with Crippen LogP contribution in [0, 0.1) is 0 Å². The molecule has 0 aromatic heterocycles. The highest BCUT2D eigenvalue weighted by Gasteiger charge is 2.19. The number of ether oxygens (including phenoxy) is 1. The molecule has 2 rings (SSSR count). The maximum atomic E-state index is 5.08. The molecule has 0 bridgehead atoms. The molecule has 2 nitrogen and oxygen atoms in total. The lowest BCUT2D eigenvalue weighted by molar-refractivity contribution is 0.184. The van der Waals surface area contributed by atoms with Crippen LogP contribution < -0.4 is 5.32 Å². The van der Waals surface area contributed by atoms with E-state index in [1.165, 1.54) is 11.1 Å². The van der Waals surface area contributed by atoms with Crippen LogP contribution in [0.4, 0.5) is 0 Å². The minimum absolute atomic E-state index is 0.496. The van der Waals surface area contributed by atoms with Gasteiger partial charge in [0.1, 0.15) is 0 Å². The van der Waals surface area contributed by atoms with Gasteiger partial charge in [-0.1, -0.05) is 24.3 Å². The molecular weight excluding hydrogens is 162 g/mol. The molecule has 0 fully saturated rings. The van der Waals surface area contributed by atoms with Crippen molar-refractivity contribution in [3.63, 3.8) is 0 Å². The van der Waals surface area contributed by atoms with Crippen molar-refractivity contribution < 1.29 is 4.74 Å². The molecular formula is C11H15NO. The Morgan fingerprint density at radius 3 is 3.15 bits per heavy atom. The molecule has 13 heavy (non-hydrogen) atoms. The fourth-order valence-electron chi connectivity index (χ4n) is 1.87. The van der Waals surface area contributed by atoms with Crippen LogP contribution in [0.3, 0.4) is 0 Å². The molecule has 0 radical (unpaired) electrons. The SMILES string of the molecule is COCC[C@@H]1NCc2ccccc21. The topological polar surface area (TPSA) is 21.3 Å². The Balaban J connectivity index is 2.09. The van der Waals surface area contributed by atoms with Gasteiger partial charge in [0.15, 0.2) is 0 Å². The van der Waals surface area contributed by atoms with Crippen LogP contribution in [0.5, 0.6) is 0 Å². The Morgan fingerprint density at radius 2 is 2.31 bits per heavy atom. The Hall–Kier alpha value is -0.860. The summed E-state index contributed by atoms with van der Waals surface area (Å²) in [5, 5.41) is 3.48. The van der Waals surface area contributed by atoms with E-state index in [0.717, 1.165) is 19.6 Å². The second-order valence-corrected chi connectivity index (χ2v) is 3.41. The van der Waals surface area contributed by atoms with Gasteiger partial charge in [0, 0.05) is 26.3 Å². The quantitative estimate of drug-likeness (QED) is 0.761. The summed E-state index contributed by atoms with van der Waals surface area (Å²) in [4.78, 5) is 0. The lowest BCUT2D eigenvalue weighted by Crippen LogP contribution is -2.13. The van der Waals surface area contributed by atoms with E-state index in [9.17, 15) is 0 Å².